The van der Waals surface area contributed by atoms with E-state index in [4.69, 9.17) is 14.6 Å². The highest BCUT2D eigenvalue weighted by molar-refractivity contribution is 5.98. The molecule has 0 saturated heterocycles. The molecule has 0 unspecified atom stereocenters. The van der Waals surface area contributed by atoms with Crippen LogP contribution in [0.1, 0.15) is 12.7 Å². The summed E-state index contributed by atoms with van der Waals surface area (Å²) in [5.74, 6) is 0.0182. The van der Waals surface area contributed by atoms with Crippen molar-refractivity contribution >= 4 is 11.9 Å². The predicted octanol–water partition coefficient (Wildman–Crippen LogP) is 0.563. The van der Waals surface area contributed by atoms with Crippen LogP contribution in [0.4, 0.5) is 0 Å². The Morgan fingerprint density at radius 3 is 2.69 bits per heavy atom. The van der Waals surface area contributed by atoms with Gasteiger partial charge in [-0.2, -0.15) is 0 Å². The molecule has 0 bridgehead atoms. The fourth-order valence-electron chi connectivity index (χ4n) is 0.885. The molecule has 2 N–H and O–H groups in total. The van der Waals surface area contributed by atoms with Crippen LogP contribution in [0.15, 0.2) is 28.4 Å². The first-order chi connectivity index (χ1) is 6.11. The minimum atomic E-state index is -1.76. The molecule has 0 fully saturated rings. The van der Waals surface area contributed by atoms with E-state index in [9.17, 15) is 4.79 Å². The van der Waals surface area contributed by atoms with Gasteiger partial charge < -0.3 is 14.6 Å². The van der Waals surface area contributed by atoms with Crippen molar-refractivity contribution in [3.63, 3.8) is 0 Å². The van der Waals surface area contributed by atoms with E-state index in [2.05, 4.69) is 0 Å². The third kappa shape index (κ3) is 2.54. The van der Waals surface area contributed by atoms with Gasteiger partial charge in [-0.3, -0.25) is 4.79 Å². The molecule has 0 amide bonds. The molecule has 1 aromatic heterocycles. The van der Waals surface area contributed by atoms with Crippen molar-refractivity contribution in [2.75, 3.05) is 0 Å². The summed E-state index contributed by atoms with van der Waals surface area (Å²) in [6.45, 7) is 1.26. The Morgan fingerprint density at radius 2 is 2.31 bits per heavy atom. The fraction of sp³-hybridized carbons (Fsp3) is 0.222. The van der Waals surface area contributed by atoms with Crippen molar-refractivity contribution in [2.45, 2.75) is 13.2 Å². The number of aliphatic hydroxyl groups is 2. The summed E-state index contributed by atoms with van der Waals surface area (Å²) in [4.78, 5) is 10.9. The zero-order chi connectivity index (χ0) is 9.84. The molecule has 1 heterocycles. The lowest BCUT2D eigenvalue weighted by Gasteiger charge is -2.03. The van der Waals surface area contributed by atoms with Crippen LogP contribution in [0.25, 0.3) is 6.08 Å². The Labute approximate surface area is 75.1 Å². The van der Waals surface area contributed by atoms with E-state index < -0.39 is 12.1 Å². The maximum Gasteiger partial charge on any atom is 0.182 e. The van der Waals surface area contributed by atoms with Crippen molar-refractivity contribution < 1.29 is 19.4 Å². The Bertz CT molecular complexity index is 308. The summed E-state index contributed by atoms with van der Waals surface area (Å²) < 4.78 is 4.91. The van der Waals surface area contributed by atoms with Gasteiger partial charge in [0.05, 0.1) is 11.8 Å². The van der Waals surface area contributed by atoms with Gasteiger partial charge in [-0.25, -0.2) is 0 Å². The van der Waals surface area contributed by atoms with Crippen LogP contribution in [-0.4, -0.2) is 22.3 Å². The minimum absolute atomic E-state index is 0.0880. The molecule has 0 spiro atoms. The standard InChI is InChI=1S/C9H10O4/c1-6(10)8(9(11)12)5-7-3-2-4-13-7/h2-5,9,11-12H,1H3. The second kappa shape index (κ2) is 4.02. The van der Waals surface area contributed by atoms with E-state index in [1.165, 1.54) is 19.3 Å². The van der Waals surface area contributed by atoms with E-state index in [1.807, 2.05) is 0 Å². The van der Waals surface area contributed by atoms with Crippen molar-refractivity contribution in [1.29, 1.82) is 0 Å². The van der Waals surface area contributed by atoms with Crippen LogP contribution in [0.3, 0.4) is 0 Å². The Morgan fingerprint density at radius 1 is 1.62 bits per heavy atom. The SMILES string of the molecule is CC(=O)C(=Cc1ccco1)C(O)O. The number of furan rings is 1. The fourth-order valence-corrected chi connectivity index (χ4v) is 0.885. The van der Waals surface area contributed by atoms with Gasteiger partial charge in [0.15, 0.2) is 12.1 Å². The summed E-state index contributed by atoms with van der Waals surface area (Å²) in [7, 11) is 0. The first-order valence-electron chi connectivity index (χ1n) is 3.73. The third-order valence-corrected chi connectivity index (χ3v) is 1.53. The van der Waals surface area contributed by atoms with Crippen molar-refractivity contribution in [1.82, 2.24) is 0 Å². The lowest BCUT2D eigenvalue weighted by molar-refractivity contribution is -0.117. The number of ketones is 1. The number of aliphatic hydroxyl groups excluding tert-OH is 1. The molecule has 0 aliphatic carbocycles. The summed E-state index contributed by atoms with van der Waals surface area (Å²) >= 11 is 0. The average Bonchev–Trinajstić information content (AvgIpc) is 2.50. The number of hydrogen-bond donors (Lipinski definition) is 2. The maximum absolute atomic E-state index is 10.9. The van der Waals surface area contributed by atoms with Crippen LogP contribution in [-0.2, 0) is 4.79 Å². The quantitative estimate of drug-likeness (QED) is 0.529. The zero-order valence-corrected chi connectivity index (χ0v) is 7.10. The highest BCUT2D eigenvalue weighted by Crippen LogP contribution is 2.10. The lowest BCUT2D eigenvalue weighted by atomic mass is 10.1. The van der Waals surface area contributed by atoms with Gasteiger partial charge in [-0.15, -0.1) is 0 Å². The molecular formula is C9H10O4. The van der Waals surface area contributed by atoms with E-state index >= 15 is 0 Å². The first-order valence-corrected chi connectivity index (χ1v) is 3.73. The van der Waals surface area contributed by atoms with Crippen LogP contribution < -0.4 is 0 Å². The van der Waals surface area contributed by atoms with Gasteiger partial charge >= 0.3 is 0 Å². The summed E-state index contributed by atoms with van der Waals surface area (Å²) in [5, 5.41) is 17.6. The van der Waals surface area contributed by atoms with Gasteiger partial charge in [0, 0.05) is 0 Å². The second-order valence-electron chi connectivity index (χ2n) is 2.54. The van der Waals surface area contributed by atoms with Crippen molar-refractivity contribution in [3.05, 3.63) is 29.7 Å². The van der Waals surface area contributed by atoms with Crippen LogP contribution in [0, 0.1) is 0 Å². The Balaban J connectivity index is 2.94. The predicted molar refractivity (Wildman–Crippen MR) is 45.6 cm³/mol. The van der Waals surface area contributed by atoms with Gasteiger partial charge in [-0.1, -0.05) is 0 Å². The Hall–Kier alpha value is -1.39. The molecule has 1 aromatic rings. The highest BCUT2D eigenvalue weighted by Gasteiger charge is 2.12. The van der Waals surface area contributed by atoms with E-state index in [-0.39, 0.29) is 5.57 Å². The molecule has 0 aliphatic heterocycles. The Kier molecular flexibility index (Phi) is 3.00. The van der Waals surface area contributed by atoms with Crippen LogP contribution in [0.5, 0.6) is 0 Å². The van der Waals surface area contributed by atoms with Gasteiger partial charge in [0.25, 0.3) is 0 Å². The highest BCUT2D eigenvalue weighted by atomic mass is 16.5. The molecule has 13 heavy (non-hydrogen) atoms. The monoisotopic (exact) mass is 182 g/mol. The topological polar surface area (TPSA) is 70.7 Å². The molecular weight excluding hydrogens is 172 g/mol. The number of rotatable bonds is 3. The normalized spacial score (nSPS) is 12.2. The number of carbonyl (C=O) groups is 1. The van der Waals surface area contributed by atoms with Crippen LogP contribution in [0.2, 0.25) is 0 Å². The largest absolute Gasteiger partial charge is 0.465 e. The van der Waals surface area contributed by atoms with Gasteiger partial charge in [-0.05, 0) is 25.1 Å². The number of carbonyl (C=O) groups excluding carboxylic acids is 1. The minimum Gasteiger partial charge on any atom is -0.465 e. The molecule has 0 aliphatic rings. The second-order valence-corrected chi connectivity index (χ2v) is 2.54. The maximum atomic E-state index is 10.9. The lowest BCUT2D eigenvalue weighted by Crippen LogP contribution is -2.14. The van der Waals surface area contributed by atoms with E-state index in [1.54, 1.807) is 12.1 Å². The number of Topliss-reactive ketones (excluding diaryl/α,β-unsaturated/α-hetero) is 1. The molecule has 0 saturated carbocycles. The van der Waals surface area contributed by atoms with Crippen molar-refractivity contribution in [2.24, 2.45) is 0 Å². The van der Waals surface area contributed by atoms with E-state index in [0.29, 0.717) is 5.76 Å². The molecule has 0 radical (unpaired) electrons. The van der Waals surface area contributed by atoms with Gasteiger partial charge in [0.1, 0.15) is 5.76 Å². The molecule has 0 aromatic carbocycles. The molecule has 1 rings (SSSR count). The molecule has 4 heteroatoms. The van der Waals surface area contributed by atoms with Crippen molar-refractivity contribution in [3.8, 4) is 0 Å². The summed E-state index contributed by atoms with van der Waals surface area (Å²) in [6, 6.07) is 3.26. The van der Waals surface area contributed by atoms with E-state index in [0.717, 1.165) is 0 Å². The summed E-state index contributed by atoms with van der Waals surface area (Å²) in [5.41, 5.74) is -0.0880. The molecule has 0 atom stereocenters. The first kappa shape index (κ1) is 9.70. The number of hydrogen-bond acceptors (Lipinski definition) is 4. The van der Waals surface area contributed by atoms with Gasteiger partial charge in [0.2, 0.25) is 0 Å². The van der Waals surface area contributed by atoms with Crippen LogP contribution >= 0.6 is 0 Å². The third-order valence-electron chi connectivity index (χ3n) is 1.53. The molecule has 4 nitrogen and oxygen atoms in total. The molecule has 70 valence electrons. The summed E-state index contributed by atoms with van der Waals surface area (Å²) in [6.07, 6.45) is 0.975. The average molecular weight is 182 g/mol. The zero-order valence-electron chi connectivity index (χ0n) is 7.10. The smallest absolute Gasteiger partial charge is 0.182 e.